The van der Waals surface area contributed by atoms with E-state index in [1.807, 2.05) is 36.4 Å². The van der Waals surface area contributed by atoms with Gasteiger partial charge in [-0.25, -0.2) is 4.98 Å². The predicted molar refractivity (Wildman–Crippen MR) is 70.0 cm³/mol. The molecule has 0 saturated carbocycles. The summed E-state index contributed by atoms with van der Waals surface area (Å²) in [5.74, 6) is 0.532. The van der Waals surface area contributed by atoms with Crippen molar-refractivity contribution in [1.29, 1.82) is 0 Å². The Morgan fingerprint density at radius 1 is 1.22 bits per heavy atom. The second-order valence-electron chi connectivity index (χ2n) is 4.34. The first-order chi connectivity index (χ1) is 8.75. The summed E-state index contributed by atoms with van der Waals surface area (Å²) in [5.41, 5.74) is 8.64. The largest absolute Gasteiger partial charge is 0.383 e. The summed E-state index contributed by atoms with van der Waals surface area (Å²) in [6, 6.07) is 11.8. The number of rotatable bonds is 2. The molecular weight excluding hydrogens is 226 g/mol. The molecule has 2 heterocycles. The van der Waals surface area contributed by atoms with E-state index >= 15 is 0 Å². The molecule has 0 spiro atoms. The van der Waals surface area contributed by atoms with Crippen LogP contribution in [-0.4, -0.2) is 10.9 Å². The van der Waals surface area contributed by atoms with Gasteiger partial charge in [-0.05, 0) is 11.6 Å². The van der Waals surface area contributed by atoms with Crippen molar-refractivity contribution >= 4 is 17.4 Å². The first-order valence-corrected chi connectivity index (χ1v) is 5.83. The first kappa shape index (κ1) is 10.8. The number of amides is 1. The number of pyridine rings is 1. The van der Waals surface area contributed by atoms with Gasteiger partial charge in [0.1, 0.15) is 5.82 Å². The van der Waals surface area contributed by atoms with Crippen LogP contribution in [0.1, 0.15) is 11.1 Å². The maximum absolute atomic E-state index is 12.0. The molecule has 90 valence electrons. The van der Waals surface area contributed by atoms with Crippen molar-refractivity contribution in [2.75, 3.05) is 10.6 Å². The third-order valence-electron chi connectivity index (χ3n) is 3.17. The van der Waals surface area contributed by atoms with Crippen molar-refractivity contribution in [3.05, 3.63) is 53.7 Å². The Kier molecular flexibility index (Phi) is 2.48. The molecule has 1 aliphatic rings. The lowest BCUT2D eigenvalue weighted by Crippen LogP contribution is -2.25. The normalized spacial score (nSPS) is 13.8. The van der Waals surface area contributed by atoms with Crippen LogP contribution >= 0.6 is 0 Å². The maximum atomic E-state index is 12.0. The molecule has 4 nitrogen and oxygen atoms in total. The minimum atomic E-state index is 0.0774. The Balaban J connectivity index is 1.95. The van der Waals surface area contributed by atoms with E-state index in [1.165, 1.54) is 0 Å². The minimum absolute atomic E-state index is 0.0774. The highest BCUT2D eigenvalue weighted by atomic mass is 16.2. The molecule has 18 heavy (non-hydrogen) atoms. The molecule has 3 rings (SSSR count). The molecule has 0 saturated heterocycles. The molecule has 1 aromatic carbocycles. The van der Waals surface area contributed by atoms with E-state index in [0.29, 0.717) is 18.8 Å². The number of nitrogens with two attached hydrogens (primary N) is 1. The summed E-state index contributed by atoms with van der Waals surface area (Å²) in [6.45, 7) is 0.579. The van der Waals surface area contributed by atoms with Gasteiger partial charge in [-0.3, -0.25) is 4.79 Å². The predicted octanol–water partition coefficient (Wildman–Crippen LogP) is 1.75. The quantitative estimate of drug-likeness (QED) is 0.868. The smallest absolute Gasteiger partial charge is 0.231 e. The summed E-state index contributed by atoms with van der Waals surface area (Å²) in [5, 5.41) is 0. The average Bonchev–Trinajstić information content (AvgIpc) is 2.70. The number of fused-ring (bicyclic) bond motifs is 1. The van der Waals surface area contributed by atoms with E-state index in [2.05, 4.69) is 4.98 Å². The number of nitrogen functional groups attached to an aromatic ring is 1. The van der Waals surface area contributed by atoms with Crippen molar-refractivity contribution in [3.63, 3.8) is 0 Å². The van der Waals surface area contributed by atoms with Gasteiger partial charge in [0.2, 0.25) is 5.91 Å². The maximum Gasteiger partial charge on any atom is 0.231 e. The average molecular weight is 239 g/mol. The Bertz CT molecular complexity index is 595. The van der Waals surface area contributed by atoms with Gasteiger partial charge in [0.15, 0.2) is 0 Å². The number of anilines is 2. The molecule has 2 N–H and O–H groups in total. The fourth-order valence-electron chi connectivity index (χ4n) is 2.25. The Morgan fingerprint density at radius 2 is 2.00 bits per heavy atom. The second kappa shape index (κ2) is 4.14. The third-order valence-corrected chi connectivity index (χ3v) is 3.17. The van der Waals surface area contributed by atoms with Gasteiger partial charge in [0.05, 0.1) is 18.7 Å². The zero-order chi connectivity index (χ0) is 12.5. The highest BCUT2D eigenvalue weighted by Crippen LogP contribution is 2.32. The molecule has 0 atom stereocenters. The minimum Gasteiger partial charge on any atom is -0.383 e. The molecule has 0 bridgehead atoms. The van der Waals surface area contributed by atoms with Gasteiger partial charge in [0.25, 0.3) is 0 Å². The van der Waals surface area contributed by atoms with Crippen LogP contribution in [0.3, 0.4) is 0 Å². The second-order valence-corrected chi connectivity index (χ2v) is 4.34. The number of nitrogens with zero attached hydrogens (tertiary/aromatic N) is 2. The molecular formula is C14H13N3O. The van der Waals surface area contributed by atoms with Gasteiger partial charge in [-0.2, -0.15) is 0 Å². The van der Waals surface area contributed by atoms with Crippen LogP contribution in [-0.2, 0) is 17.8 Å². The topological polar surface area (TPSA) is 59.2 Å². The summed E-state index contributed by atoms with van der Waals surface area (Å²) < 4.78 is 0. The zero-order valence-corrected chi connectivity index (χ0v) is 9.84. The monoisotopic (exact) mass is 239 g/mol. The number of hydrogen-bond donors (Lipinski definition) is 1. The highest BCUT2D eigenvalue weighted by Gasteiger charge is 2.29. The Labute approximate surface area is 105 Å². The molecule has 1 aromatic heterocycles. The number of aromatic nitrogens is 1. The fraction of sp³-hybridized carbons (Fsp3) is 0.143. The lowest BCUT2D eigenvalue weighted by molar-refractivity contribution is -0.117. The van der Waals surface area contributed by atoms with Gasteiger partial charge < -0.3 is 10.6 Å². The van der Waals surface area contributed by atoms with E-state index < -0.39 is 0 Å². The van der Waals surface area contributed by atoms with Gasteiger partial charge in [-0.15, -0.1) is 0 Å². The van der Waals surface area contributed by atoms with E-state index in [9.17, 15) is 4.79 Å². The van der Waals surface area contributed by atoms with Crippen molar-refractivity contribution in [2.24, 2.45) is 0 Å². The van der Waals surface area contributed by atoms with Crippen molar-refractivity contribution in [2.45, 2.75) is 13.0 Å². The lowest BCUT2D eigenvalue weighted by Gasteiger charge is -2.17. The molecule has 1 aliphatic heterocycles. The standard InChI is InChI=1S/C14H13N3O/c15-14-11-8-13(18)17(12(11)6-7-16-14)9-10-4-2-1-3-5-10/h1-7H,8-9H2,(H2,15,16). The van der Waals surface area contributed by atoms with E-state index in [4.69, 9.17) is 5.73 Å². The van der Waals surface area contributed by atoms with E-state index in [-0.39, 0.29) is 5.91 Å². The van der Waals surface area contributed by atoms with Crippen molar-refractivity contribution in [1.82, 2.24) is 4.98 Å². The van der Waals surface area contributed by atoms with Crippen molar-refractivity contribution in [3.8, 4) is 0 Å². The van der Waals surface area contributed by atoms with Crippen molar-refractivity contribution < 1.29 is 4.79 Å². The summed E-state index contributed by atoms with van der Waals surface area (Å²) in [7, 11) is 0. The van der Waals surface area contributed by atoms with Gasteiger partial charge in [-0.1, -0.05) is 30.3 Å². The molecule has 0 aliphatic carbocycles. The lowest BCUT2D eigenvalue weighted by atomic mass is 10.2. The molecule has 1 amide bonds. The Morgan fingerprint density at radius 3 is 2.78 bits per heavy atom. The van der Waals surface area contributed by atoms with E-state index in [1.54, 1.807) is 11.1 Å². The summed E-state index contributed by atoms with van der Waals surface area (Å²) in [6.07, 6.45) is 1.99. The van der Waals surface area contributed by atoms with Crippen LogP contribution in [0, 0.1) is 0 Å². The molecule has 4 heteroatoms. The third kappa shape index (κ3) is 1.72. The SMILES string of the molecule is Nc1nccc2c1CC(=O)N2Cc1ccccc1. The number of hydrogen-bond acceptors (Lipinski definition) is 3. The van der Waals surface area contributed by atoms with Crippen LogP contribution in [0.15, 0.2) is 42.6 Å². The molecule has 2 aromatic rings. The zero-order valence-electron chi connectivity index (χ0n) is 9.84. The molecule has 0 radical (unpaired) electrons. The van der Waals surface area contributed by atoms with Crippen LogP contribution in [0.4, 0.5) is 11.5 Å². The number of carbonyl (C=O) groups is 1. The van der Waals surface area contributed by atoms with Crippen LogP contribution in [0.2, 0.25) is 0 Å². The first-order valence-electron chi connectivity index (χ1n) is 5.83. The van der Waals surface area contributed by atoms with E-state index in [0.717, 1.165) is 16.8 Å². The summed E-state index contributed by atoms with van der Waals surface area (Å²) in [4.78, 5) is 17.8. The number of carbonyl (C=O) groups excluding carboxylic acids is 1. The molecule has 0 unspecified atom stereocenters. The van der Waals surface area contributed by atoms with Crippen LogP contribution in [0.5, 0.6) is 0 Å². The molecule has 0 fully saturated rings. The summed E-state index contributed by atoms with van der Waals surface area (Å²) >= 11 is 0. The van der Waals surface area contributed by atoms with Gasteiger partial charge in [0, 0.05) is 11.8 Å². The van der Waals surface area contributed by atoms with Gasteiger partial charge >= 0.3 is 0 Å². The number of benzene rings is 1. The fourth-order valence-corrected chi connectivity index (χ4v) is 2.25. The van der Waals surface area contributed by atoms with Crippen LogP contribution < -0.4 is 10.6 Å². The highest BCUT2D eigenvalue weighted by molar-refractivity contribution is 6.02. The van der Waals surface area contributed by atoms with Crippen LogP contribution in [0.25, 0.3) is 0 Å². The Hall–Kier alpha value is -2.36.